The maximum absolute atomic E-state index is 13.5. The standard InChI is InChI=1S/C25H25F3N2O4S/c1-17-5-3-4-6-23(17)33-19-8-10-21(11-9-19)35(31,32)29-18-7-12-22(25(26,27)28)24(15-18)34-20-13-14-30(2)16-20/h3-12,15,20,29H,13-14,16H2,1-2H3/t20-/m1/s1. The van der Waals surface area contributed by atoms with Crippen LogP contribution < -0.4 is 14.2 Å². The van der Waals surface area contributed by atoms with Gasteiger partial charge < -0.3 is 14.4 Å². The van der Waals surface area contributed by atoms with Gasteiger partial charge in [0.2, 0.25) is 0 Å². The largest absolute Gasteiger partial charge is 0.488 e. The number of ether oxygens (including phenoxy) is 2. The van der Waals surface area contributed by atoms with Crippen LogP contribution in [-0.4, -0.2) is 39.6 Å². The van der Waals surface area contributed by atoms with E-state index in [0.717, 1.165) is 23.8 Å². The number of para-hydroxylation sites is 1. The van der Waals surface area contributed by atoms with Gasteiger partial charge in [-0.05, 0) is 68.4 Å². The quantitative estimate of drug-likeness (QED) is 0.446. The summed E-state index contributed by atoms with van der Waals surface area (Å²) >= 11 is 0. The van der Waals surface area contributed by atoms with Crippen LogP contribution >= 0.6 is 0 Å². The van der Waals surface area contributed by atoms with Crippen molar-refractivity contribution in [2.75, 3.05) is 24.9 Å². The average molecular weight is 507 g/mol. The lowest BCUT2D eigenvalue weighted by atomic mass is 10.1. The number of sulfonamides is 1. The molecule has 0 radical (unpaired) electrons. The first-order valence-corrected chi connectivity index (χ1v) is 12.4. The molecular formula is C25H25F3N2O4S. The molecule has 0 aliphatic carbocycles. The molecule has 0 spiro atoms. The molecule has 0 amide bonds. The molecule has 1 saturated heterocycles. The summed E-state index contributed by atoms with van der Waals surface area (Å²) in [6.07, 6.45) is -4.46. The number of anilines is 1. The minimum Gasteiger partial charge on any atom is -0.488 e. The molecule has 1 atom stereocenters. The van der Waals surface area contributed by atoms with Gasteiger partial charge in [0, 0.05) is 19.2 Å². The maximum Gasteiger partial charge on any atom is 0.419 e. The summed E-state index contributed by atoms with van der Waals surface area (Å²) in [4.78, 5) is 1.89. The van der Waals surface area contributed by atoms with E-state index in [1.807, 2.05) is 37.1 Å². The van der Waals surface area contributed by atoms with Crippen LogP contribution in [0.4, 0.5) is 18.9 Å². The van der Waals surface area contributed by atoms with E-state index in [-0.39, 0.29) is 10.6 Å². The van der Waals surface area contributed by atoms with Crippen molar-refractivity contribution >= 4 is 15.7 Å². The fraction of sp³-hybridized carbons (Fsp3) is 0.280. The molecule has 1 aliphatic heterocycles. The summed E-state index contributed by atoms with van der Waals surface area (Å²) in [6.45, 7) is 3.09. The summed E-state index contributed by atoms with van der Waals surface area (Å²) < 4.78 is 80.1. The van der Waals surface area contributed by atoms with Crippen LogP contribution in [0.3, 0.4) is 0 Å². The maximum atomic E-state index is 13.5. The van der Waals surface area contributed by atoms with E-state index < -0.39 is 33.6 Å². The molecule has 10 heteroatoms. The highest BCUT2D eigenvalue weighted by atomic mass is 32.2. The molecule has 4 rings (SSSR count). The molecule has 0 bridgehead atoms. The Morgan fingerprint density at radius 3 is 2.34 bits per heavy atom. The van der Waals surface area contributed by atoms with Gasteiger partial charge in [0.05, 0.1) is 16.1 Å². The smallest absolute Gasteiger partial charge is 0.419 e. The predicted molar refractivity (Wildman–Crippen MR) is 126 cm³/mol. The average Bonchev–Trinajstić information content (AvgIpc) is 3.19. The van der Waals surface area contributed by atoms with E-state index in [9.17, 15) is 21.6 Å². The molecule has 1 aliphatic rings. The number of halogens is 3. The van der Waals surface area contributed by atoms with E-state index in [4.69, 9.17) is 9.47 Å². The molecule has 3 aromatic rings. The topological polar surface area (TPSA) is 67.9 Å². The Morgan fingerprint density at radius 2 is 1.71 bits per heavy atom. The van der Waals surface area contributed by atoms with Crippen LogP contribution in [-0.2, 0) is 16.2 Å². The number of likely N-dealkylation sites (N-methyl/N-ethyl adjacent to an activating group) is 1. The number of rotatable bonds is 7. The number of aryl methyl sites for hydroxylation is 1. The van der Waals surface area contributed by atoms with Gasteiger partial charge in [-0.3, -0.25) is 4.72 Å². The van der Waals surface area contributed by atoms with Crippen molar-refractivity contribution in [3.63, 3.8) is 0 Å². The van der Waals surface area contributed by atoms with Crippen LogP contribution in [0.1, 0.15) is 17.5 Å². The van der Waals surface area contributed by atoms with Crippen molar-refractivity contribution in [1.82, 2.24) is 4.90 Å². The van der Waals surface area contributed by atoms with Crippen molar-refractivity contribution in [1.29, 1.82) is 0 Å². The van der Waals surface area contributed by atoms with Crippen LogP contribution in [0, 0.1) is 6.92 Å². The molecule has 0 saturated carbocycles. The lowest BCUT2D eigenvalue weighted by Gasteiger charge is -2.19. The van der Waals surface area contributed by atoms with Crippen molar-refractivity contribution in [2.24, 2.45) is 0 Å². The zero-order valence-corrected chi connectivity index (χ0v) is 20.0. The van der Waals surface area contributed by atoms with Crippen LogP contribution in [0.25, 0.3) is 0 Å². The van der Waals surface area contributed by atoms with Crippen molar-refractivity contribution < 1.29 is 31.1 Å². The van der Waals surface area contributed by atoms with Gasteiger partial charge in [0.1, 0.15) is 23.4 Å². The normalized spacial score (nSPS) is 16.8. The zero-order valence-electron chi connectivity index (χ0n) is 19.2. The second-order valence-corrected chi connectivity index (χ2v) is 10.1. The lowest BCUT2D eigenvalue weighted by molar-refractivity contribution is -0.139. The van der Waals surface area contributed by atoms with E-state index in [1.165, 1.54) is 24.3 Å². The van der Waals surface area contributed by atoms with Crippen molar-refractivity contribution in [2.45, 2.75) is 30.5 Å². The monoisotopic (exact) mass is 506 g/mol. The fourth-order valence-electron chi connectivity index (χ4n) is 3.79. The minimum absolute atomic E-state index is 0.0282. The molecule has 1 heterocycles. The summed E-state index contributed by atoms with van der Waals surface area (Å²) in [5.74, 6) is 0.692. The van der Waals surface area contributed by atoms with Crippen molar-refractivity contribution in [3.8, 4) is 17.2 Å². The first-order valence-electron chi connectivity index (χ1n) is 10.9. The number of hydrogen-bond donors (Lipinski definition) is 1. The van der Waals surface area contributed by atoms with E-state index in [1.54, 1.807) is 6.07 Å². The highest BCUT2D eigenvalue weighted by Crippen LogP contribution is 2.39. The Labute approximate surface area is 202 Å². The lowest BCUT2D eigenvalue weighted by Crippen LogP contribution is -2.23. The Morgan fingerprint density at radius 1 is 1.00 bits per heavy atom. The van der Waals surface area contributed by atoms with Gasteiger partial charge in [0.25, 0.3) is 10.0 Å². The van der Waals surface area contributed by atoms with Gasteiger partial charge in [-0.1, -0.05) is 18.2 Å². The van der Waals surface area contributed by atoms with Gasteiger partial charge >= 0.3 is 6.18 Å². The molecule has 0 aromatic heterocycles. The number of benzene rings is 3. The van der Waals surface area contributed by atoms with Crippen LogP contribution in [0.2, 0.25) is 0 Å². The second-order valence-electron chi connectivity index (χ2n) is 8.44. The van der Waals surface area contributed by atoms with Gasteiger partial charge in [0.15, 0.2) is 0 Å². The second kappa shape index (κ2) is 9.79. The number of likely N-dealkylation sites (tertiary alicyclic amines) is 1. The first kappa shape index (κ1) is 24.9. The summed E-state index contributed by atoms with van der Waals surface area (Å²) in [6, 6.07) is 16.1. The number of nitrogens with zero attached hydrogens (tertiary/aromatic N) is 1. The number of alkyl halides is 3. The molecular weight excluding hydrogens is 481 g/mol. The Balaban J connectivity index is 1.53. The van der Waals surface area contributed by atoms with E-state index in [2.05, 4.69) is 4.72 Å². The third kappa shape index (κ3) is 6.07. The molecule has 186 valence electrons. The third-order valence-corrected chi connectivity index (χ3v) is 7.03. The molecule has 0 unspecified atom stereocenters. The number of hydrogen-bond acceptors (Lipinski definition) is 5. The molecule has 3 aromatic carbocycles. The zero-order chi connectivity index (χ0) is 25.2. The van der Waals surface area contributed by atoms with Crippen LogP contribution in [0.15, 0.2) is 71.6 Å². The third-order valence-electron chi connectivity index (χ3n) is 5.64. The summed E-state index contributed by atoms with van der Waals surface area (Å²) in [7, 11) is -2.21. The Hall–Kier alpha value is -3.24. The Bertz CT molecular complexity index is 1290. The summed E-state index contributed by atoms with van der Waals surface area (Å²) in [5.41, 5.74) is -0.0530. The Kier molecular flexibility index (Phi) is 6.95. The van der Waals surface area contributed by atoms with E-state index >= 15 is 0 Å². The predicted octanol–water partition coefficient (Wildman–Crippen LogP) is 5.69. The van der Waals surface area contributed by atoms with E-state index in [0.29, 0.717) is 31.0 Å². The van der Waals surface area contributed by atoms with Gasteiger partial charge in [-0.15, -0.1) is 0 Å². The van der Waals surface area contributed by atoms with Gasteiger partial charge in [-0.25, -0.2) is 8.42 Å². The molecule has 35 heavy (non-hydrogen) atoms. The summed E-state index contributed by atoms with van der Waals surface area (Å²) in [5, 5.41) is 0. The molecule has 1 fully saturated rings. The fourth-order valence-corrected chi connectivity index (χ4v) is 4.84. The SMILES string of the molecule is Cc1ccccc1Oc1ccc(S(=O)(=O)Nc2ccc(C(F)(F)F)c(O[C@@H]3CCN(C)C3)c2)cc1. The highest BCUT2D eigenvalue weighted by Gasteiger charge is 2.36. The van der Waals surface area contributed by atoms with Gasteiger partial charge in [-0.2, -0.15) is 13.2 Å². The first-order chi connectivity index (χ1) is 16.5. The minimum atomic E-state index is -4.63. The molecule has 6 nitrogen and oxygen atoms in total. The molecule has 1 N–H and O–H groups in total. The highest BCUT2D eigenvalue weighted by molar-refractivity contribution is 7.92. The van der Waals surface area contributed by atoms with Crippen molar-refractivity contribution in [3.05, 3.63) is 77.9 Å². The van der Waals surface area contributed by atoms with Crippen LogP contribution in [0.5, 0.6) is 17.2 Å². The number of nitrogens with one attached hydrogen (secondary N) is 1.